The van der Waals surface area contributed by atoms with E-state index in [2.05, 4.69) is 64.9 Å². The van der Waals surface area contributed by atoms with Gasteiger partial charge in [-0.15, -0.1) is 0 Å². The number of benzene rings is 2. The molecule has 0 aromatic heterocycles. The van der Waals surface area contributed by atoms with Gasteiger partial charge in [0.1, 0.15) is 0 Å². The van der Waals surface area contributed by atoms with E-state index >= 15 is 0 Å². The molecule has 0 aliphatic heterocycles. The van der Waals surface area contributed by atoms with Crippen molar-refractivity contribution in [3.63, 3.8) is 0 Å². The summed E-state index contributed by atoms with van der Waals surface area (Å²) >= 11 is 2.64. The molecule has 0 bridgehead atoms. The zero-order valence-electron chi connectivity index (χ0n) is 7.57. The van der Waals surface area contributed by atoms with E-state index in [0.29, 0.717) is 0 Å². The first kappa shape index (κ1) is 8.28. The molecule has 0 fully saturated rings. The Morgan fingerprint density at radius 3 is 2.50 bits per heavy atom. The van der Waals surface area contributed by atoms with Crippen LogP contribution in [-0.4, -0.2) is 16.0 Å². The van der Waals surface area contributed by atoms with Crippen molar-refractivity contribution in [1.29, 1.82) is 0 Å². The van der Waals surface area contributed by atoms with Crippen molar-refractivity contribution >= 4 is 20.5 Å². The fourth-order valence-corrected chi connectivity index (χ4v) is 2.53. The summed E-state index contributed by atoms with van der Waals surface area (Å²) in [5.74, 6) is 0. The first-order valence-corrected chi connectivity index (χ1v) is 5.56. The van der Waals surface area contributed by atoms with E-state index in [1.165, 1.54) is 26.7 Å². The molecule has 0 atom stereocenters. The Bertz CT molecular complexity index is 500. The predicted octanol–water partition coefficient (Wildman–Crippen LogP) is 1.79. The Labute approximate surface area is 91.8 Å². The average molecular weight is 244 g/mol. The van der Waals surface area contributed by atoms with Crippen molar-refractivity contribution in [2.75, 3.05) is 0 Å². The standard InChI is InChI=1S/C13H9Se/c14-13-7-3-6-11-10-5-2-1-4-9(10)8-12(11)13/h1-8,14H. The Kier molecular flexibility index (Phi) is 1.76. The van der Waals surface area contributed by atoms with Crippen LogP contribution in [0.5, 0.6) is 0 Å². The quantitative estimate of drug-likeness (QED) is 0.529. The maximum atomic E-state index is 2.64. The molecule has 0 amide bonds. The normalized spacial score (nSPS) is 12.4. The summed E-state index contributed by atoms with van der Waals surface area (Å²) in [6.07, 6.45) is 2.26. The number of fused-ring (bicyclic) bond motifs is 3. The average Bonchev–Trinajstić information content (AvgIpc) is 2.59. The molecule has 67 valence electrons. The minimum atomic E-state index is 1.30. The predicted molar refractivity (Wildman–Crippen MR) is 61.2 cm³/mol. The van der Waals surface area contributed by atoms with Crippen molar-refractivity contribution in [3.8, 4) is 11.1 Å². The van der Waals surface area contributed by atoms with Crippen LogP contribution in [0.15, 0.2) is 42.5 Å². The monoisotopic (exact) mass is 245 g/mol. The molecule has 3 rings (SSSR count). The van der Waals surface area contributed by atoms with Gasteiger partial charge in [-0.2, -0.15) is 0 Å². The van der Waals surface area contributed by atoms with Crippen molar-refractivity contribution in [2.45, 2.75) is 0 Å². The summed E-state index contributed by atoms with van der Waals surface area (Å²) in [4.78, 5) is 0. The second-order valence-corrected chi connectivity index (χ2v) is 4.48. The number of hydrogen-bond acceptors (Lipinski definition) is 0. The van der Waals surface area contributed by atoms with E-state index in [-0.39, 0.29) is 0 Å². The van der Waals surface area contributed by atoms with E-state index in [4.69, 9.17) is 0 Å². The van der Waals surface area contributed by atoms with Gasteiger partial charge in [0.15, 0.2) is 0 Å². The van der Waals surface area contributed by atoms with Gasteiger partial charge >= 0.3 is 91.6 Å². The zero-order valence-corrected chi connectivity index (χ0v) is 9.44. The summed E-state index contributed by atoms with van der Waals surface area (Å²) in [6.45, 7) is 0. The molecule has 1 heteroatoms. The Morgan fingerprint density at radius 2 is 1.57 bits per heavy atom. The van der Waals surface area contributed by atoms with Gasteiger partial charge in [-0.25, -0.2) is 0 Å². The molecule has 0 N–H and O–H groups in total. The van der Waals surface area contributed by atoms with Gasteiger partial charge in [0.2, 0.25) is 0 Å². The molecule has 2 aromatic rings. The fourth-order valence-electron chi connectivity index (χ4n) is 1.96. The van der Waals surface area contributed by atoms with Crippen molar-refractivity contribution in [3.05, 3.63) is 60.0 Å². The van der Waals surface area contributed by atoms with Crippen LogP contribution in [0.1, 0.15) is 11.1 Å². The summed E-state index contributed by atoms with van der Waals surface area (Å²) in [5.41, 5.74) is 5.41. The first-order chi connectivity index (χ1) is 6.86. The Balaban J connectivity index is 2.33. The van der Waals surface area contributed by atoms with Crippen LogP contribution in [0.25, 0.3) is 11.1 Å². The fraction of sp³-hybridized carbons (Fsp3) is 0. The molecule has 0 saturated heterocycles. The first-order valence-electron chi connectivity index (χ1n) is 4.62. The molecule has 2 aromatic carbocycles. The van der Waals surface area contributed by atoms with Crippen LogP contribution in [0.3, 0.4) is 0 Å². The summed E-state index contributed by atoms with van der Waals surface area (Å²) < 4.78 is 1.30. The third kappa shape index (κ3) is 1.06. The molecule has 14 heavy (non-hydrogen) atoms. The molecule has 1 aliphatic carbocycles. The van der Waals surface area contributed by atoms with Gasteiger partial charge in [0, 0.05) is 0 Å². The number of hydrogen-bond donors (Lipinski definition) is 0. The molecule has 0 saturated carbocycles. The van der Waals surface area contributed by atoms with Crippen LogP contribution in [-0.2, 0) is 0 Å². The van der Waals surface area contributed by atoms with Gasteiger partial charge in [0.25, 0.3) is 0 Å². The molecule has 0 unspecified atom stereocenters. The van der Waals surface area contributed by atoms with Gasteiger partial charge in [-0.3, -0.25) is 0 Å². The van der Waals surface area contributed by atoms with E-state index in [1.807, 2.05) is 0 Å². The Morgan fingerprint density at radius 1 is 0.786 bits per heavy atom. The SMILES string of the molecule is [SeH]c1cccc2c1[CH]c1ccccc1-2. The van der Waals surface area contributed by atoms with Gasteiger partial charge in [0.05, 0.1) is 0 Å². The van der Waals surface area contributed by atoms with Crippen molar-refractivity contribution < 1.29 is 0 Å². The summed E-state index contributed by atoms with van der Waals surface area (Å²) in [6, 6.07) is 15.0. The molecule has 1 radical (unpaired) electrons. The van der Waals surface area contributed by atoms with Crippen molar-refractivity contribution in [2.24, 2.45) is 0 Å². The molecule has 0 heterocycles. The van der Waals surface area contributed by atoms with Crippen LogP contribution in [0.4, 0.5) is 0 Å². The molecule has 0 spiro atoms. The van der Waals surface area contributed by atoms with E-state index in [1.54, 1.807) is 0 Å². The van der Waals surface area contributed by atoms with Crippen molar-refractivity contribution in [1.82, 2.24) is 0 Å². The summed E-state index contributed by atoms with van der Waals surface area (Å²) in [7, 11) is 0. The van der Waals surface area contributed by atoms with Gasteiger partial charge < -0.3 is 0 Å². The maximum absolute atomic E-state index is 2.64. The van der Waals surface area contributed by atoms with E-state index < -0.39 is 0 Å². The van der Waals surface area contributed by atoms with Crippen LogP contribution in [0, 0.1) is 6.42 Å². The third-order valence-electron chi connectivity index (χ3n) is 2.63. The number of rotatable bonds is 0. The van der Waals surface area contributed by atoms with E-state index in [9.17, 15) is 0 Å². The minimum absolute atomic E-state index is 1.30. The van der Waals surface area contributed by atoms with Crippen LogP contribution in [0.2, 0.25) is 0 Å². The molecule has 1 aliphatic rings. The second-order valence-electron chi connectivity index (χ2n) is 3.47. The van der Waals surface area contributed by atoms with Gasteiger partial charge in [-0.05, 0) is 0 Å². The topological polar surface area (TPSA) is 0 Å². The zero-order chi connectivity index (χ0) is 9.54. The van der Waals surface area contributed by atoms with E-state index in [0.717, 1.165) is 0 Å². The molecular weight excluding hydrogens is 235 g/mol. The Hall–Kier alpha value is -1.04. The molecular formula is C13H9Se. The van der Waals surface area contributed by atoms with Crippen LogP contribution < -0.4 is 4.46 Å². The van der Waals surface area contributed by atoms with Crippen LogP contribution >= 0.6 is 0 Å². The summed E-state index contributed by atoms with van der Waals surface area (Å²) in [5, 5.41) is 0. The second kappa shape index (κ2) is 2.98. The third-order valence-corrected chi connectivity index (χ3v) is 3.45. The van der Waals surface area contributed by atoms with Gasteiger partial charge in [-0.1, -0.05) is 0 Å². The molecule has 0 nitrogen and oxygen atoms in total.